The molecule has 2 aromatic rings. The Kier molecular flexibility index (Phi) is 3.48. The Morgan fingerprint density at radius 2 is 2.24 bits per heavy atom. The Morgan fingerprint density at radius 1 is 1.41 bits per heavy atom. The molecule has 2 aromatic heterocycles. The fourth-order valence-corrected chi connectivity index (χ4v) is 1.69. The normalized spacial score (nSPS) is 10.5. The third-order valence-electron chi connectivity index (χ3n) is 2.04. The molecule has 0 aliphatic rings. The summed E-state index contributed by atoms with van der Waals surface area (Å²) >= 11 is 1.45. The highest BCUT2D eigenvalue weighted by Crippen LogP contribution is 2.15. The minimum Gasteiger partial charge on any atom is -0.383 e. The summed E-state index contributed by atoms with van der Waals surface area (Å²) in [6.07, 6.45) is 1.90. The molecular weight excluding hydrogens is 238 g/mol. The predicted octanol–water partition coefficient (Wildman–Crippen LogP) is 1.69. The summed E-state index contributed by atoms with van der Waals surface area (Å²) in [6.45, 7) is 2.40. The molecule has 0 fully saturated rings. The van der Waals surface area contributed by atoms with Gasteiger partial charge in [-0.15, -0.1) is 0 Å². The van der Waals surface area contributed by atoms with Gasteiger partial charge in [0.2, 0.25) is 0 Å². The molecule has 17 heavy (non-hydrogen) atoms. The highest BCUT2D eigenvalue weighted by molar-refractivity contribution is 7.98. The van der Waals surface area contributed by atoms with Crippen LogP contribution in [0.4, 0.5) is 11.6 Å². The number of hydrogen-bond donors (Lipinski definition) is 2. The third-order valence-corrected chi connectivity index (χ3v) is 2.58. The summed E-state index contributed by atoms with van der Waals surface area (Å²) in [5.74, 6) is 1.92. The van der Waals surface area contributed by atoms with Gasteiger partial charge in [0.05, 0.1) is 6.54 Å². The molecule has 3 N–H and O–H groups in total. The molecule has 0 aliphatic heterocycles. The number of nitrogens with two attached hydrogens (primary N) is 1. The van der Waals surface area contributed by atoms with Crippen LogP contribution in [0.25, 0.3) is 0 Å². The van der Waals surface area contributed by atoms with Crippen molar-refractivity contribution in [1.82, 2.24) is 15.1 Å². The van der Waals surface area contributed by atoms with Crippen molar-refractivity contribution in [2.45, 2.75) is 18.6 Å². The van der Waals surface area contributed by atoms with Crippen molar-refractivity contribution in [3.05, 3.63) is 23.6 Å². The average molecular weight is 251 g/mol. The second-order valence-corrected chi connectivity index (χ2v) is 4.22. The molecule has 0 saturated heterocycles. The van der Waals surface area contributed by atoms with Crippen LogP contribution in [-0.2, 0) is 6.54 Å². The van der Waals surface area contributed by atoms with Crippen LogP contribution < -0.4 is 11.1 Å². The van der Waals surface area contributed by atoms with Gasteiger partial charge in [-0.25, -0.2) is 9.97 Å². The number of nitrogens with zero attached hydrogens (tertiary/aromatic N) is 3. The molecule has 0 unspecified atom stereocenters. The first-order chi connectivity index (χ1) is 8.17. The van der Waals surface area contributed by atoms with Gasteiger partial charge in [0.25, 0.3) is 0 Å². The van der Waals surface area contributed by atoms with Crippen LogP contribution in [0.2, 0.25) is 0 Å². The lowest BCUT2D eigenvalue weighted by atomic mass is 10.4. The van der Waals surface area contributed by atoms with E-state index in [9.17, 15) is 0 Å². The molecular formula is C10H13N5OS. The number of hydrogen-bond acceptors (Lipinski definition) is 7. The molecule has 2 rings (SSSR count). The fraction of sp³-hybridized carbons (Fsp3) is 0.300. The number of nitrogen functional groups attached to an aromatic ring is 1. The fourth-order valence-electron chi connectivity index (χ4n) is 1.31. The first-order valence-electron chi connectivity index (χ1n) is 5.02. The van der Waals surface area contributed by atoms with Crippen molar-refractivity contribution >= 4 is 23.4 Å². The molecule has 0 atom stereocenters. The summed E-state index contributed by atoms with van der Waals surface area (Å²) < 4.78 is 4.97. The van der Waals surface area contributed by atoms with Gasteiger partial charge in [0, 0.05) is 12.1 Å². The highest BCUT2D eigenvalue weighted by Gasteiger charge is 2.03. The second-order valence-electron chi connectivity index (χ2n) is 3.45. The van der Waals surface area contributed by atoms with Crippen LogP contribution in [0, 0.1) is 6.92 Å². The van der Waals surface area contributed by atoms with E-state index < -0.39 is 0 Å². The Morgan fingerprint density at radius 3 is 2.88 bits per heavy atom. The Labute approximate surface area is 103 Å². The summed E-state index contributed by atoms with van der Waals surface area (Å²) in [7, 11) is 0. The standard InChI is InChI=1S/C10H13N5OS/c1-6-3-7(15-16-6)5-12-9-4-8(11)13-10(14-9)17-2/h3-4H,5H2,1-2H3,(H3,11,12,13,14). The Hall–Kier alpha value is -1.76. The van der Waals surface area contributed by atoms with Crippen LogP contribution in [-0.4, -0.2) is 21.4 Å². The van der Waals surface area contributed by atoms with Crippen molar-refractivity contribution in [2.75, 3.05) is 17.3 Å². The molecule has 0 spiro atoms. The van der Waals surface area contributed by atoms with Crippen LogP contribution in [0.3, 0.4) is 0 Å². The van der Waals surface area contributed by atoms with E-state index in [1.807, 2.05) is 19.2 Å². The number of nitrogens with one attached hydrogen (secondary N) is 1. The van der Waals surface area contributed by atoms with Crippen LogP contribution in [0.1, 0.15) is 11.5 Å². The molecule has 0 radical (unpaired) electrons. The van der Waals surface area contributed by atoms with E-state index in [0.29, 0.717) is 23.3 Å². The van der Waals surface area contributed by atoms with Crippen molar-refractivity contribution in [3.63, 3.8) is 0 Å². The van der Waals surface area contributed by atoms with Gasteiger partial charge >= 0.3 is 0 Å². The van der Waals surface area contributed by atoms with E-state index in [0.717, 1.165) is 11.5 Å². The predicted molar refractivity (Wildman–Crippen MR) is 66.8 cm³/mol. The largest absolute Gasteiger partial charge is 0.383 e. The zero-order valence-electron chi connectivity index (χ0n) is 9.60. The lowest BCUT2D eigenvalue weighted by Crippen LogP contribution is -2.04. The number of thioether (sulfide) groups is 1. The summed E-state index contributed by atoms with van der Waals surface area (Å²) in [5, 5.41) is 7.64. The summed E-state index contributed by atoms with van der Waals surface area (Å²) in [5.41, 5.74) is 6.49. The summed E-state index contributed by atoms with van der Waals surface area (Å²) in [4.78, 5) is 8.34. The molecule has 6 nitrogen and oxygen atoms in total. The van der Waals surface area contributed by atoms with E-state index in [1.165, 1.54) is 11.8 Å². The molecule has 0 aromatic carbocycles. The van der Waals surface area contributed by atoms with Crippen LogP contribution in [0.15, 0.2) is 21.8 Å². The zero-order chi connectivity index (χ0) is 12.3. The molecule has 2 heterocycles. The minimum absolute atomic E-state index is 0.447. The molecule has 7 heteroatoms. The van der Waals surface area contributed by atoms with Gasteiger partial charge in [-0.2, -0.15) is 0 Å². The average Bonchev–Trinajstić information content (AvgIpc) is 2.72. The van der Waals surface area contributed by atoms with E-state index in [2.05, 4.69) is 20.4 Å². The quantitative estimate of drug-likeness (QED) is 0.631. The first-order valence-corrected chi connectivity index (χ1v) is 6.24. The van der Waals surface area contributed by atoms with Gasteiger partial charge in [0.15, 0.2) is 5.16 Å². The van der Waals surface area contributed by atoms with Crippen molar-refractivity contribution in [2.24, 2.45) is 0 Å². The van der Waals surface area contributed by atoms with Gasteiger partial charge in [-0.3, -0.25) is 0 Å². The van der Waals surface area contributed by atoms with Gasteiger partial charge in [-0.05, 0) is 13.2 Å². The monoisotopic (exact) mass is 251 g/mol. The van der Waals surface area contributed by atoms with E-state index in [-0.39, 0.29) is 0 Å². The van der Waals surface area contributed by atoms with Gasteiger partial charge < -0.3 is 15.6 Å². The van der Waals surface area contributed by atoms with Gasteiger partial charge in [0.1, 0.15) is 23.1 Å². The zero-order valence-corrected chi connectivity index (χ0v) is 10.4. The molecule has 0 bridgehead atoms. The first kappa shape index (κ1) is 11.7. The molecule has 90 valence electrons. The van der Waals surface area contributed by atoms with E-state index in [4.69, 9.17) is 10.3 Å². The van der Waals surface area contributed by atoms with E-state index >= 15 is 0 Å². The number of rotatable bonds is 4. The maximum absolute atomic E-state index is 5.67. The third kappa shape index (κ3) is 3.10. The number of aryl methyl sites for hydroxylation is 1. The van der Waals surface area contributed by atoms with Gasteiger partial charge in [-0.1, -0.05) is 16.9 Å². The minimum atomic E-state index is 0.447. The van der Waals surface area contributed by atoms with E-state index in [1.54, 1.807) is 6.07 Å². The topological polar surface area (TPSA) is 89.9 Å². The lowest BCUT2D eigenvalue weighted by molar-refractivity contribution is 0.391. The van der Waals surface area contributed by atoms with Crippen LogP contribution in [0.5, 0.6) is 0 Å². The molecule has 0 aliphatic carbocycles. The highest BCUT2D eigenvalue weighted by atomic mass is 32.2. The molecule has 0 amide bonds. The molecule has 0 saturated carbocycles. The maximum atomic E-state index is 5.67. The number of aromatic nitrogens is 3. The van der Waals surface area contributed by atoms with Crippen molar-refractivity contribution < 1.29 is 4.52 Å². The number of anilines is 2. The summed E-state index contributed by atoms with van der Waals surface area (Å²) in [6, 6.07) is 3.56. The SMILES string of the molecule is CSc1nc(N)cc(NCc2cc(C)on2)n1. The Balaban J connectivity index is 2.05. The maximum Gasteiger partial charge on any atom is 0.191 e. The lowest BCUT2D eigenvalue weighted by Gasteiger charge is -2.05. The van der Waals surface area contributed by atoms with Crippen molar-refractivity contribution in [3.8, 4) is 0 Å². The second kappa shape index (κ2) is 5.05. The van der Waals surface area contributed by atoms with Crippen LogP contribution >= 0.6 is 11.8 Å². The van der Waals surface area contributed by atoms with Crippen molar-refractivity contribution in [1.29, 1.82) is 0 Å². The smallest absolute Gasteiger partial charge is 0.191 e. The Bertz CT molecular complexity index is 513.